The number of methoxy groups -OCH3 is 1. The third kappa shape index (κ3) is 4.34. The maximum Gasteiger partial charge on any atom is 0.247 e. The predicted octanol–water partition coefficient (Wildman–Crippen LogP) is 6.22. The summed E-state index contributed by atoms with van der Waals surface area (Å²) in [7, 11) is 1.65. The quantitative estimate of drug-likeness (QED) is 0.401. The minimum Gasteiger partial charge on any atom is -0.496 e. The Bertz CT molecular complexity index is 1190. The Hall–Kier alpha value is -2.57. The van der Waals surface area contributed by atoms with E-state index in [-0.39, 0.29) is 18.1 Å². The Morgan fingerprint density at radius 2 is 1.94 bits per heavy atom. The van der Waals surface area contributed by atoms with Gasteiger partial charge in [0.15, 0.2) is 0 Å². The van der Waals surface area contributed by atoms with Gasteiger partial charge in [-0.3, -0.25) is 4.79 Å². The van der Waals surface area contributed by atoms with E-state index in [0.29, 0.717) is 13.1 Å². The van der Waals surface area contributed by atoms with E-state index in [0.717, 1.165) is 49.0 Å². The van der Waals surface area contributed by atoms with Crippen LogP contribution in [0.15, 0.2) is 51.6 Å². The minimum absolute atomic E-state index is 0.0105. The van der Waals surface area contributed by atoms with Crippen molar-refractivity contribution in [3.8, 4) is 16.9 Å². The van der Waals surface area contributed by atoms with Crippen LogP contribution in [-0.4, -0.2) is 43.2 Å². The second-order valence-corrected chi connectivity index (χ2v) is 9.36. The van der Waals surface area contributed by atoms with E-state index in [1.807, 2.05) is 44.7 Å². The lowest BCUT2D eigenvalue weighted by Gasteiger charge is -2.34. The van der Waals surface area contributed by atoms with E-state index in [2.05, 4.69) is 34.1 Å². The van der Waals surface area contributed by atoms with Crippen molar-refractivity contribution in [3.63, 3.8) is 0 Å². The summed E-state index contributed by atoms with van der Waals surface area (Å²) in [5.41, 5.74) is 5.50. The molecule has 168 valence electrons. The number of ether oxygens (including phenoxy) is 2. The molecule has 2 heterocycles. The first-order chi connectivity index (χ1) is 15.3. The van der Waals surface area contributed by atoms with Gasteiger partial charge in [-0.25, -0.2) is 0 Å². The Kier molecular flexibility index (Phi) is 6.45. The van der Waals surface area contributed by atoms with Crippen LogP contribution in [0.1, 0.15) is 31.9 Å². The summed E-state index contributed by atoms with van der Waals surface area (Å²) in [6.07, 6.45) is 3.54. The number of carbonyl (C=O) groups excluding carboxylic acids is 1. The number of aryl methyl sites for hydroxylation is 1. The smallest absolute Gasteiger partial charge is 0.247 e. The predicted molar refractivity (Wildman–Crippen MR) is 131 cm³/mol. The Labute approximate surface area is 197 Å². The van der Waals surface area contributed by atoms with Gasteiger partial charge in [-0.15, -0.1) is 0 Å². The number of hydrogen-bond donors (Lipinski definition) is 0. The van der Waals surface area contributed by atoms with Gasteiger partial charge in [0.1, 0.15) is 11.3 Å². The molecule has 2 unspecified atom stereocenters. The summed E-state index contributed by atoms with van der Waals surface area (Å²) < 4.78 is 18.5. The van der Waals surface area contributed by atoms with Crippen LogP contribution >= 0.6 is 15.9 Å². The van der Waals surface area contributed by atoms with Crippen molar-refractivity contribution in [1.29, 1.82) is 0 Å². The average molecular weight is 498 g/mol. The van der Waals surface area contributed by atoms with Crippen LogP contribution in [-0.2, 0) is 9.53 Å². The number of benzene rings is 2. The van der Waals surface area contributed by atoms with Gasteiger partial charge in [0.2, 0.25) is 5.91 Å². The first kappa shape index (κ1) is 22.6. The third-order valence-corrected chi connectivity index (χ3v) is 6.37. The third-order valence-electron chi connectivity index (χ3n) is 5.88. The lowest BCUT2D eigenvalue weighted by molar-refractivity contribution is -0.137. The Morgan fingerprint density at radius 3 is 2.59 bits per heavy atom. The van der Waals surface area contributed by atoms with Crippen LogP contribution in [0.2, 0.25) is 0 Å². The van der Waals surface area contributed by atoms with Crippen LogP contribution < -0.4 is 4.74 Å². The molecular weight excluding hydrogens is 470 g/mol. The number of allylic oxidation sites excluding steroid dienone is 1. The molecule has 6 heteroatoms. The SMILES string of the molecule is COc1c(/C(C)=C/C(=O)N2CC(C)OC(C)C2)cc2c(-c3cccc(Br)c3)coc2c1C. The van der Waals surface area contributed by atoms with E-state index in [4.69, 9.17) is 13.9 Å². The monoisotopic (exact) mass is 497 g/mol. The highest BCUT2D eigenvalue weighted by molar-refractivity contribution is 9.10. The van der Waals surface area contributed by atoms with Crippen molar-refractivity contribution in [3.05, 3.63) is 58.3 Å². The number of nitrogens with zero attached hydrogens (tertiary/aromatic N) is 1. The summed E-state index contributed by atoms with van der Waals surface area (Å²) in [6.45, 7) is 9.12. The largest absolute Gasteiger partial charge is 0.496 e. The van der Waals surface area contributed by atoms with Crippen molar-refractivity contribution in [2.45, 2.75) is 39.9 Å². The lowest BCUT2D eigenvalue weighted by Crippen LogP contribution is -2.47. The van der Waals surface area contributed by atoms with E-state index in [9.17, 15) is 4.79 Å². The highest BCUT2D eigenvalue weighted by Crippen LogP contribution is 2.41. The van der Waals surface area contributed by atoms with E-state index in [1.165, 1.54) is 0 Å². The highest BCUT2D eigenvalue weighted by atomic mass is 79.9. The van der Waals surface area contributed by atoms with Crippen LogP contribution in [0.4, 0.5) is 0 Å². The lowest BCUT2D eigenvalue weighted by atomic mass is 9.96. The molecule has 1 aliphatic heterocycles. The van der Waals surface area contributed by atoms with Gasteiger partial charge in [0, 0.05) is 45.7 Å². The van der Waals surface area contributed by atoms with Gasteiger partial charge in [0.05, 0.1) is 25.6 Å². The molecule has 32 heavy (non-hydrogen) atoms. The first-order valence-corrected chi connectivity index (χ1v) is 11.6. The maximum atomic E-state index is 13.0. The van der Waals surface area contributed by atoms with Crippen molar-refractivity contribution >= 4 is 38.4 Å². The molecule has 1 saturated heterocycles. The molecule has 0 saturated carbocycles. The van der Waals surface area contributed by atoms with Gasteiger partial charge in [0.25, 0.3) is 0 Å². The second-order valence-electron chi connectivity index (χ2n) is 8.45. The van der Waals surface area contributed by atoms with E-state index in [1.54, 1.807) is 19.4 Å². The molecule has 2 aromatic carbocycles. The van der Waals surface area contributed by atoms with E-state index < -0.39 is 0 Å². The fraction of sp³-hybridized carbons (Fsp3) is 0.346. The van der Waals surface area contributed by atoms with Gasteiger partial charge in [-0.1, -0.05) is 28.1 Å². The van der Waals surface area contributed by atoms with Crippen LogP contribution in [0, 0.1) is 6.92 Å². The zero-order valence-corrected chi connectivity index (χ0v) is 20.7. The molecule has 4 rings (SSSR count). The molecule has 0 bridgehead atoms. The van der Waals surface area contributed by atoms with Gasteiger partial charge >= 0.3 is 0 Å². The number of furan rings is 1. The molecule has 0 radical (unpaired) electrons. The van der Waals surface area contributed by atoms with Crippen molar-refractivity contribution in [1.82, 2.24) is 4.90 Å². The normalized spacial score (nSPS) is 19.4. The molecule has 0 aliphatic carbocycles. The molecule has 1 aliphatic rings. The molecule has 2 atom stereocenters. The summed E-state index contributed by atoms with van der Waals surface area (Å²) in [5, 5.41) is 0.991. The fourth-order valence-corrected chi connectivity index (χ4v) is 4.86. The van der Waals surface area contributed by atoms with Gasteiger partial charge in [-0.2, -0.15) is 0 Å². The summed E-state index contributed by atoms with van der Waals surface area (Å²) >= 11 is 3.55. The number of rotatable bonds is 4. The van der Waals surface area contributed by atoms with Crippen molar-refractivity contribution < 1.29 is 18.7 Å². The van der Waals surface area contributed by atoms with Crippen LogP contribution in [0.3, 0.4) is 0 Å². The summed E-state index contributed by atoms with van der Waals surface area (Å²) in [4.78, 5) is 14.9. The molecule has 1 amide bonds. The number of hydrogen-bond acceptors (Lipinski definition) is 4. The standard InChI is InChI=1S/C26H28BrNO4/c1-15(9-24(29)28-12-16(2)32-17(3)13-28)21-11-22-23(19-7-6-8-20(27)10-19)14-31-26(22)18(4)25(21)30-5/h6-11,14,16-17H,12-13H2,1-5H3/b15-9+. The molecule has 0 spiro atoms. The molecule has 0 N–H and O–H groups in total. The zero-order valence-electron chi connectivity index (χ0n) is 19.1. The van der Waals surface area contributed by atoms with Crippen molar-refractivity contribution in [2.24, 2.45) is 0 Å². The minimum atomic E-state index is -0.0105. The average Bonchev–Trinajstić information content (AvgIpc) is 3.17. The number of halogens is 1. The van der Waals surface area contributed by atoms with Crippen LogP contribution in [0.5, 0.6) is 5.75 Å². The number of fused-ring (bicyclic) bond motifs is 1. The number of amides is 1. The molecule has 5 nitrogen and oxygen atoms in total. The topological polar surface area (TPSA) is 51.9 Å². The Morgan fingerprint density at radius 1 is 1.22 bits per heavy atom. The van der Waals surface area contributed by atoms with Crippen LogP contribution in [0.25, 0.3) is 27.7 Å². The van der Waals surface area contributed by atoms with Gasteiger partial charge < -0.3 is 18.8 Å². The first-order valence-electron chi connectivity index (χ1n) is 10.8. The number of carbonyl (C=O) groups is 1. The molecule has 1 fully saturated rings. The number of morpholine rings is 1. The molecule has 1 aromatic heterocycles. The zero-order chi connectivity index (χ0) is 23.0. The summed E-state index contributed by atoms with van der Waals surface area (Å²) in [6, 6.07) is 10.2. The van der Waals surface area contributed by atoms with E-state index >= 15 is 0 Å². The molecule has 3 aromatic rings. The second kappa shape index (κ2) is 9.12. The maximum absolute atomic E-state index is 13.0. The van der Waals surface area contributed by atoms with Crippen molar-refractivity contribution in [2.75, 3.05) is 20.2 Å². The molecular formula is C26H28BrNO4. The highest BCUT2D eigenvalue weighted by Gasteiger charge is 2.25. The Balaban J connectivity index is 1.78. The fourth-order valence-electron chi connectivity index (χ4n) is 4.46. The van der Waals surface area contributed by atoms with Gasteiger partial charge in [-0.05, 0) is 57.0 Å². The summed E-state index contributed by atoms with van der Waals surface area (Å²) in [5.74, 6) is 0.710.